The van der Waals surface area contributed by atoms with Crippen molar-refractivity contribution >= 4 is 17.6 Å². The minimum absolute atomic E-state index is 0.00146. The topological polar surface area (TPSA) is 78.4 Å². The summed E-state index contributed by atoms with van der Waals surface area (Å²) >= 11 is 0. The monoisotopic (exact) mass is 425 g/mol. The lowest BCUT2D eigenvalue weighted by Gasteiger charge is -2.35. The Morgan fingerprint density at radius 2 is 1.94 bits per heavy atom. The van der Waals surface area contributed by atoms with E-state index < -0.39 is 0 Å². The number of carbonyl (C=O) groups excluding carboxylic acids is 2. The number of halogens is 1. The van der Waals surface area contributed by atoms with E-state index >= 15 is 0 Å². The molecule has 1 N–H and O–H groups in total. The molecule has 2 aliphatic rings. The number of nitrogens with zero attached hydrogens (tertiary/aromatic N) is 4. The molecule has 7 nitrogen and oxygen atoms in total. The largest absolute Gasteiger partial charge is 0.373 e. The second-order valence-electron chi connectivity index (χ2n) is 8.20. The molecule has 0 radical (unpaired) electrons. The number of aromatic nitrogens is 2. The predicted molar refractivity (Wildman–Crippen MR) is 115 cm³/mol. The van der Waals surface area contributed by atoms with Gasteiger partial charge in [-0.25, -0.2) is 14.4 Å². The van der Waals surface area contributed by atoms with Gasteiger partial charge in [0.1, 0.15) is 11.6 Å². The standard InChI is InChI=1S/C23H28FN5O2/c1-15(30)29-11-4-3-5-20(29)23-26-19-10-12-28(14-18(19)22(25-2)27-23)21(31)13-16-6-8-17(24)9-7-16/h6-9,20H,3-5,10-14H2,1-2H3,(H,25,26,27)/t20-/m1/s1. The van der Waals surface area contributed by atoms with Crippen LogP contribution < -0.4 is 5.32 Å². The van der Waals surface area contributed by atoms with Crippen molar-refractivity contribution in [1.82, 2.24) is 19.8 Å². The van der Waals surface area contributed by atoms with Gasteiger partial charge in [0.15, 0.2) is 5.82 Å². The van der Waals surface area contributed by atoms with Gasteiger partial charge in [-0.1, -0.05) is 12.1 Å². The number of likely N-dealkylation sites (tertiary alicyclic amines) is 1. The van der Waals surface area contributed by atoms with Crippen LogP contribution in [0.2, 0.25) is 0 Å². The van der Waals surface area contributed by atoms with Crippen molar-refractivity contribution in [2.75, 3.05) is 25.5 Å². The number of piperidine rings is 1. The third-order valence-corrected chi connectivity index (χ3v) is 6.14. The zero-order chi connectivity index (χ0) is 22.0. The number of anilines is 1. The van der Waals surface area contributed by atoms with Gasteiger partial charge in [0.2, 0.25) is 11.8 Å². The first-order valence-electron chi connectivity index (χ1n) is 10.8. The molecule has 1 atom stereocenters. The lowest BCUT2D eigenvalue weighted by atomic mass is 9.99. The van der Waals surface area contributed by atoms with Gasteiger partial charge in [-0.05, 0) is 37.0 Å². The Morgan fingerprint density at radius 3 is 2.65 bits per heavy atom. The maximum absolute atomic E-state index is 13.1. The summed E-state index contributed by atoms with van der Waals surface area (Å²) < 4.78 is 13.1. The zero-order valence-corrected chi connectivity index (χ0v) is 18.0. The van der Waals surface area contributed by atoms with Gasteiger partial charge in [-0.15, -0.1) is 0 Å². The second-order valence-corrected chi connectivity index (χ2v) is 8.20. The molecule has 0 aliphatic carbocycles. The Morgan fingerprint density at radius 1 is 1.16 bits per heavy atom. The Bertz CT molecular complexity index is 961. The van der Waals surface area contributed by atoms with E-state index in [0.717, 1.165) is 42.6 Å². The smallest absolute Gasteiger partial charge is 0.227 e. The van der Waals surface area contributed by atoms with Crippen LogP contribution in [0, 0.1) is 5.82 Å². The quantitative estimate of drug-likeness (QED) is 0.815. The molecule has 4 rings (SSSR count). The Kier molecular flexibility index (Phi) is 6.15. The zero-order valence-electron chi connectivity index (χ0n) is 18.0. The van der Waals surface area contributed by atoms with Crippen LogP contribution in [-0.2, 0) is 29.0 Å². The molecule has 0 unspecified atom stereocenters. The van der Waals surface area contributed by atoms with Gasteiger partial charge in [0, 0.05) is 39.0 Å². The van der Waals surface area contributed by atoms with E-state index in [1.165, 1.54) is 12.1 Å². The van der Waals surface area contributed by atoms with Crippen molar-refractivity contribution in [3.05, 3.63) is 52.7 Å². The number of nitrogens with one attached hydrogen (secondary N) is 1. The highest BCUT2D eigenvalue weighted by molar-refractivity contribution is 5.79. The van der Waals surface area contributed by atoms with E-state index in [0.29, 0.717) is 31.2 Å². The first-order valence-corrected chi connectivity index (χ1v) is 10.8. The Hall–Kier alpha value is -3.03. The molecule has 2 aromatic rings. The average Bonchev–Trinajstić information content (AvgIpc) is 2.79. The van der Waals surface area contributed by atoms with Gasteiger partial charge in [-0.3, -0.25) is 9.59 Å². The number of hydrogen-bond acceptors (Lipinski definition) is 5. The number of amides is 2. The van der Waals surface area contributed by atoms with Crippen molar-refractivity contribution < 1.29 is 14.0 Å². The number of carbonyl (C=O) groups is 2. The van der Waals surface area contributed by atoms with Crippen molar-refractivity contribution in [3.63, 3.8) is 0 Å². The summed E-state index contributed by atoms with van der Waals surface area (Å²) in [5.74, 6) is 1.14. The van der Waals surface area contributed by atoms with E-state index in [-0.39, 0.29) is 30.1 Å². The third kappa shape index (κ3) is 4.52. The van der Waals surface area contributed by atoms with E-state index in [2.05, 4.69) is 5.32 Å². The molecular formula is C23H28FN5O2. The number of rotatable bonds is 4. The third-order valence-electron chi connectivity index (χ3n) is 6.14. The van der Waals surface area contributed by atoms with Crippen LogP contribution in [0.5, 0.6) is 0 Å². The lowest BCUT2D eigenvalue weighted by molar-refractivity contribution is -0.133. The molecule has 0 bridgehead atoms. The Balaban J connectivity index is 1.54. The van der Waals surface area contributed by atoms with Crippen LogP contribution in [0.25, 0.3) is 0 Å². The fraction of sp³-hybridized carbons (Fsp3) is 0.478. The SMILES string of the molecule is CNc1nc([C@H]2CCCCN2C(C)=O)nc2c1CN(C(=O)Cc1ccc(F)cc1)CC2. The van der Waals surface area contributed by atoms with Crippen molar-refractivity contribution in [2.45, 2.75) is 51.6 Å². The normalized spacial score (nSPS) is 18.5. The molecule has 31 heavy (non-hydrogen) atoms. The van der Waals surface area contributed by atoms with Gasteiger partial charge in [0.05, 0.1) is 24.7 Å². The molecule has 2 amide bonds. The first kappa shape index (κ1) is 21.2. The molecule has 0 saturated carbocycles. The molecule has 1 fully saturated rings. The van der Waals surface area contributed by atoms with Crippen LogP contribution in [0.15, 0.2) is 24.3 Å². The van der Waals surface area contributed by atoms with Crippen molar-refractivity contribution in [2.24, 2.45) is 0 Å². The highest BCUT2D eigenvalue weighted by Gasteiger charge is 2.31. The van der Waals surface area contributed by atoms with Crippen LogP contribution in [0.3, 0.4) is 0 Å². The molecule has 8 heteroatoms. The minimum Gasteiger partial charge on any atom is -0.373 e. The minimum atomic E-state index is -0.309. The highest BCUT2D eigenvalue weighted by atomic mass is 19.1. The molecule has 1 saturated heterocycles. The summed E-state index contributed by atoms with van der Waals surface area (Å²) in [4.78, 5) is 38.2. The summed E-state index contributed by atoms with van der Waals surface area (Å²) in [5, 5.41) is 3.16. The average molecular weight is 426 g/mol. The molecule has 1 aromatic heterocycles. The van der Waals surface area contributed by atoms with Crippen LogP contribution >= 0.6 is 0 Å². The van der Waals surface area contributed by atoms with Gasteiger partial charge < -0.3 is 15.1 Å². The molecule has 164 valence electrons. The predicted octanol–water partition coefficient (Wildman–Crippen LogP) is 2.86. The maximum atomic E-state index is 13.1. The molecule has 0 spiro atoms. The summed E-state index contributed by atoms with van der Waals surface area (Å²) in [6.45, 7) is 3.35. The van der Waals surface area contributed by atoms with Crippen molar-refractivity contribution in [3.8, 4) is 0 Å². The maximum Gasteiger partial charge on any atom is 0.227 e. The summed E-state index contributed by atoms with van der Waals surface area (Å²) in [6, 6.07) is 5.94. The van der Waals surface area contributed by atoms with Crippen LogP contribution in [-0.4, -0.2) is 51.7 Å². The fourth-order valence-electron chi connectivity index (χ4n) is 4.47. The first-order chi connectivity index (χ1) is 15.0. The van der Waals surface area contributed by atoms with Crippen molar-refractivity contribution in [1.29, 1.82) is 0 Å². The highest BCUT2D eigenvalue weighted by Crippen LogP contribution is 2.32. The molecular weight excluding hydrogens is 397 g/mol. The summed E-state index contributed by atoms with van der Waals surface area (Å²) in [6.07, 6.45) is 3.80. The number of benzene rings is 1. The number of fused-ring (bicyclic) bond motifs is 1. The molecule has 1 aromatic carbocycles. The second kappa shape index (κ2) is 8.99. The van der Waals surface area contributed by atoms with Gasteiger partial charge >= 0.3 is 0 Å². The van der Waals surface area contributed by atoms with Gasteiger partial charge in [-0.2, -0.15) is 0 Å². The molecule has 2 aliphatic heterocycles. The van der Waals surface area contributed by atoms with Crippen LogP contribution in [0.1, 0.15) is 54.9 Å². The number of hydrogen-bond donors (Lipinski definition) is 1. The van der Waals surface area contributed by atoms with E-state index in [1.807, 2.05) is 11.9 Å². The summed E-state index contributed by atoms with van der Waals surface area (Å²) in [5.41, 5.74) is 2.66. The van der Waals surface area contributed by atoms with E-state index in [1.54, 1.807) is 24.0 Å². The lowest BCUT2D eigenvalue weighted by Crippen LogP contribution is -2.40. The Labute approximate surface area is 181 Å². The fourth-order valence-corrected chi connectivity index (χ4v) is 4.47. The van der Waals surface area contributed by atoms with E-state index in [9.17, 15) is 14.0 Å². The van der Waals surface area contributed by atoms with E-state index in [4.69, 9.17) is 9.97 Å². The van der Waals surface area contributed by atoms with Gasteiger partial charge in [0.25, 0.3) is 0 Å². The van der Waals surface area contributed by atoms with Crippen LogP contribution in [0.4, 0.5) is 10.2 Å². The molecule has 3 heterocycles. The summed E-state index contributed by atoms with van der Waals surface area (Å²) in [7, 11) is 1.81.